The third-order valence-electron chi connectivity index (χ3n) is 3.94. The van der Waals surface area contributed by atoms with Crippen molar-refractivity contribution < 1.29 is 9.53 Å². The van der Waals surface area contributed by atoms with Crippen molar-refractivity contribution in [3.05, 3.63) is 35.9 Å². The lowest BCUT2D eigenvalue weighted by molar-refractivity contribution is -0.146. The average Bonchev–Trinajstić information content (AvgIpc) is 3.13. The molecule has 0 N–H and O–H groups in total. The quantitative estimate of drug-likeness (QED) is 0.715. The van der Waals surface area contributed by atoms with Crippen molar-refractivity contribution >= 4 is 5.97 Å². The standard InChI is InChI=1S/C16H22O2/c1-3-5-9-14-12-16(14,15(17)18-4-2)13-10-7-6-8-11-13/h6-8,10-11,14H,3-5,9,12H2,1-2H3/t14-,16+/m0/s1. The lowest BCUT2D eigenvalue weighted by Crippen LogP contribution is -2.25. The van der Waals surface area contributed by atoms with Crippen molar-refractivity contribution in [3.8, 4) is 0 Å². The number of esters is 1. The molecular weight excluding hydrogens is 224 g/mol. The van der Waals surface area contributed by atoms with E-state index in [0.717, 1.165) is 18.4 Å². The van der Waals surface area contributed by atoms with Gasteiger partial charge in [-0.25, -0.2) is 0 Å². The molecule has 0 amide bonds. The number of hydrogen-bond acceptors (Lipinski definition) is 2. The van der Waals surface area contributed by atoms with Gasteiger partial charge in [0.05, 0.1) is 12.0 Å². The fourth-order valence-corrected chi connectivity index (χ4v) is 2.85. The summed E-state index contributed by atoms with van der Waals surface area (Å²) >= 11 is 0. The van der Waals surface area contributed by atoms with Crippen LogP contribution in [0.25, 0.3) is 0 Å². The van der Waals surface area contributed by atoms with Crippen LogP contribution in [0.3, 0.4) is 0 Å². The minimum absolute atomic E-state index is 0.0303. The minimum atomic E-state index is -0.341. The first-order valence-corrected chi connectivity index (χ1v) is 6.98. The summed E-state index contributed by atoms with van der Waals surface area (Å²) in [6, 6.07) is 10.1. The number of rotatable bonds is 6. The lowest BCUT2D eigenvalue weighted by Gasteiger charge is -2.16. The topological polar surface area (TPSA) is 26.3 Å². The minimum Gasteiger partial charge on any atom is -0.465 e. The Labute approximate surface area is 109 Å². The predicted octanol–water partition coefficient (Wildman–Crippen LogP) is 3.70. The zero-order chi connectivity index (χ0) is 13.0. The lowest BCUT2D eigenvalue weighted by atomic mass is 9.91. The van der Waals surface area contributed by atoms with Gasteiger partial charge in [0.2, 0.25) is 0 Å². The molecule has 2 heteroatoms. The summed E-state index contributed by atoms with van der Waals surface area (Å²) in [6.45, 7) is 4.53. The molecule has 1 aromatic rings. The van der Waals surface area contributed by atoms with E-state index in [9.17, 15) is 4.79 Å². The first kappa shape index (κ1) is 13.1. The summed E-state index contributed by atoms with van der Waals surface area (Å²) in [5.74, 6) is 0.441. The smallest absolute Gasteiger partial charge is 0.316 e. The van der Waals surface area contributed by atoms with Crippen LogP contribution in [0.5, 0.6) is 0 Å². The van der Waals surface area contributed by atoms with Gasteiger partial charge in [0.1, 0.15) is 0 Å². The molecule has 1 aromatic carbocycles. The molecule has 1 aliphatic carbocycles. The summed E-state index contributed by atoms with van der Waals surface area (Å²) in [6.07, 6.45) is 4.46. The average molecular weight is 246 g/mol. The van der Waals surface area contributed by atoms with Gasteiger partial charge in [0, 0.05) is 0 Å². The number of carbonyl (C=O) groups excluding carboxylic acids is 1. The highest BCUT2D eigenvalue weighted by molar-refractivity contribution is 5.87. The van der Waals surface area contributed by atoms with Crippen LogP contribution < -0.4 is 0 Å². The molecular formula is C16H22O2. The first-order valence-electron chi connectivity index (χ1n) is 6.98. The Morgan fingerprint density at radius 3 is 2.67 bits per heavy atom. The maximum Gasteiger partial charge on any atom is 0.316 e. The molecule has 1 aliphatic rings. The number of ether oxygens (including phenoxy) is 1. The van der Waals surface area contributed by atoms with E-state index in [1.54, 1.807) is 0 Å². The molecule has 0 aliphatic heterocycles. The van der Waals surface area contributed by atoms with E-state index in [4.69, 9.17) is 4.74 Å². The van der Waals surface area contributed by atoms with Gasteiger partial charge in [-0.15, -0.1) is 0 Å². The fraction of sp³-hybridized carbons (Fsp3) is 0.562. The highest BCUT2D eigenvalue weighted by Gasteiger charge is 2.61. The van der Waals surface area contributed by atoms with Gasteiger partial charge < -0.3 is 4.74 Å². The Morgan fingerprint density at radius 1 is 1.33 bits per heavy atom. The van der Waals surface area contributed by atoms with Gasteiger partial charge in [-0.3, -0.25) is 4.79 Å². The Hall–Kier alpha value is -1.31. The molecule has 0 bridgehead atoms. The van der Waals surface area contributed by atoms with E-state index in [-0.39, 0.29) is 11.4 Å². The number of benzene rings is 1. The molecule has 1 saturated carbocycles. The van der Waals surface area contributed by atoms with Gasteiger partial charge in [-0.1, -0.05) is 50.1 Å². The van der Waals surface area contributed by atoms with Crippen LogP contribution in [0.2, 0.25) is 0 Å². The highest BCUT2D eigenvalue weighted by Crippen LogP contribution is 2.57. The molecule has 0 radical (unpaired) electrons. The van der Waals surface area contributed by atoms with Crippen LogP contribution in [0.4, 0.5) is 0 Å². The molecule has 0 spiro atoms. The van der Waals surface area contributed by atoms with Gasteiger partial charge in [-0.2, -0.15) is 0 Å². The zero-order valence-corrected chi connectivity index (χ0v) is 11.3. The zero-order valence-electron chi connectivity index (χ0n) is 11.3. The van der Waals surface area contributed by atoms with Crippen LogP contribution >= 0.6 is 0 Å². The van der Waals surface area contributed by atoms with E-state index in [2.05, 4.69) is 19.1 Å². The maximum absolute atomic E-state index is 12.3. The third kappa shape index (κ3) is 2.29. The van der Waals surface area contributed by atoms with Crippen molar-refractivity contribution in [2.45, 2.75) is 44.9 Å². The van der Waals surface area contributed by atoms with Crippen molar-refractivity contribution in [3.63, 3.8) is 0 Å². The molecule has 0 aromatic heterocycles. The molecule has 18 heavy (non-hydrogen) atoms. The summed E-state index contributed by atoms with van der Waals surface area (Å²) in [7, 11) is 0. The van der Waals surface area contributed by atoms with Crippen molar-refractivity contribution in [2.24, 2.45) is 5.92 Å². The van der Waals surface area contributed by atoms with Crippen molar-refractivity contribution in [1.29, 1.82) is 0 Å². The van der Waals surface area contributed by atoms with E-state index >= 15 is 0 Å². The molecule has 2 atom stereocenters. The number of hydrogen-bond donors (Lipinski definition) is 0. The van der Waals surface area contributed by atoms with Crippen LogP contribution in [-0.2, 0) is 14.9 Å². The monoisotopic (exact) mass is 246 g/mol. The van der Waals surface area contributed by atoms with Crippen LogP contribution in [0.15, 0.2) is 30.3 Å². The summed E-state index contributed by atoms with van der Waals surface area (Å²) in [5, 5.41) is 0. The molecule has 2 rings (SSSR count). The summed E-state index contributed by atoms with van der Waals surface area (Å²) in [4.78, 5) is 12.3. The van der Waals surface area contributed by atoms with E-state index in [0.29, 0.717) is 12.5 Å². The Balaban J connectivity index is 2.18. The Morgan fingerprint density at radius 2 is 2.06 bits per heavy atom. The highest BCUT2D eigenvalue weighted by atomic mass is 16.5. The van der Waals surface area contributed by atoms with E-state index < -0.39 is 0 Å². The van der Waals surface area contributed by atoms with Gasteiger partial charge in [-0.05, 0) is 31.2 Å². The second-order valence-electron chi connectivity index (χ2n) is 5.10. The summed E-state index contributed by atoms with van der Waals surface area (Å²) in [5.41, 5.74) is 0.788. The largest absolute Gasteiger partial charge is 0.465 e. The van der Waals surface area contributed by atoms with Gasteiger partial charge >= 0.3 is 5.97 Å². The second kappa shape index (κ2) is 5.55. The third-order valence-corrected chi connectivity index (χ3v) is 3.94. The second-order valence-corrected chi connectivity index (χ2v) is 5.10. The SMILES string of the molecule is CCCC[C@H]1C[C@@]1(C(=O)OCC)c1ccccc1. The first-order chi connectivity index (χ1) is 8.75. The molecule has 1 fully saturated rings. The van der Waals surface area contributed by atoms with Crippen LogP contribution in [-0.4, -0.2) is 12.6 Å². The van der Waals surface area contributed by atoms with E-state index in [1.165, 1.54) is 12.8 Å². The molecule has 0 heterocycles. The van der Waals surface area contributed by atoms with Crippen molar-refractivity contribution in [1.82, 2.24) is 0 Å². The summed E-state index contributed by atoms with van der Waals surface area (Å²) < 4.78 is 5.29. The Kier molecular flexibility index (Phi) is 4.05. The maximum atomic E-state index is 12.3. The molecule has 0 saturated heterocycles. The molecule has 2 nitrogen and oxygen atoms in total. The normalized spacial score (nSPS) is 25.8. The number of carbonyl (C=O) groups is 1. The Bertz CT molecular complexity index is 399. The molecule has 98 valence electrons. The molecule has 0 unspecified atom stereocenters. The van der Waals surface area contributed by atoms with Gasteiger partial charge in [0.15, 0.2) is 0 Å². The van der Waals surface area contributed by atoms with Crippen LogP contribution in [0.1, 0.15) is 45.1 Å². The number of unbranched alkanes of at least 4 members (excludes halogenated alkanes) is 1. The van der Waals surface area contributed by atoms with E-state index in [1.807, 2.05) is 25.1 Å². The predicted molar refractivity (Wildman–Crippen MR) is 72.4 cm³/mol. The van der Waals surface area contributed by atoms with Gasteiger partial charge in [0.25, 0.3) is 0 Å². The fourth-order valence-electron chi connectivity index (χ4n) is 2.85. The van der Waals surface area contributed by atoms with Crippen LogP contribution in [0, 0.1) is 5.92 Å². The van der Waals surface area contributed by atoms with Crippen molar-refractivity contribution in [2.75, 3.05) is 6.61 Å².